The van der Waals surface area contributed by atoms with Crippen molar-refractivity contribution in [3.8, 4) is 5.69 Å². The summed E-state index contributed by atoms with van der Waals surface area (Å²) in [4.78, 5) is 31.0. The highest BCUT2D eigenvalue weighted by atomic mass is 32.2. The number of amides is 1. The summed E-state index contributed by atoms with van der Waals surface area (Å²) in [6.45, 7) is 1.26. The van der Waals surface area contributed by atoms with Crippen molar-refractivity contribution < 1.29 is 14.3 Å². The summed E-state index contributed by atoms with van der Waals surface area (Å²) in [5, 5.41) is 0.696. The van der Waals surface area contributed by atoms with E-state index in [0.29, 0.717) is 10.9 Å². The molecule has 0 unspecified atom stereocenters. The first-order chi connectivity index (χ1) is 12.7. The third-order valence-electron chi connectivity index (χ3n) is 4.42. The van der Waals surface area contributed by atoms with Crippen molar-refractivity contribution in [2.24, 2.45) is 0 Å². The van der Waals surface area contributed by atoms with Crippen molar-refractivity contribution in [2.75, 3.05) is 26.0 Å². The number of rotatable bonds is 5. The van der Waals surface area contributed by atoms with Crippen molar-refractivity contribution in [3.63, 3.8) is 0 Å². The summed E-state index contributed by atoms with van der Waals surface area (Å²) in [7, 11) is 0. The number of para-hydroxylation sites is 1. The van der Waals surface area contributed by atoms with E-state index in [9.17, 15) is 9.59 Å². The number of aromatic nitrogens is 2. The van der Waals surface area contributed by atoms with E-state index in [1.807, 2.05) is 36.6 Å². The van der Waals surface area contributed by atoms with Gasteiger partial charge in [0, 0.05) is 18.8 Å². The maximum Gasteiger partial charge on any atom is 0.357 e. The number of carbonyl (C=O) groups is 2. The summed E-state index contributed by atoms with van der Waals surface area (Å²) < 4.78 is 7.06. The van der Waals surface area contributed by atoms with E-state index >= 15 is 0 Å². The fourth-order valence-corrected chi connectivity index (χ4v) is 3.61. The molecule has 0 N–H and O–H groups in total. The number of esters is 1. The van der Waals surface area contributed by atoms with Crippen LogP contribution in [0.3, 0.4) is 0 Å². The lowest BCUT2D eigenvalue weighted by atomic mass is 10.2. The maximum atomic E-state index is 12.6. The van der Waals surface area contributed by atoms with Crippen LogP contribution < -0.4 is 0 Å². The van der Waals surface area contributed by atoms with Gasteiger partial charge in [-0.15, -0.1) is 0 Å². The first-order valence-corrected chi connectivity index (χ1v) is 10.0. The molecule has 1 aliphatic heterocycles. The van der Waals surface area contributed by atoms with Gasteiger partial charge in [-0.1, -0.05) is 42.8 Å². The molecule has 2 heterocycles. The quantitative estimate of drug-likeness (QED) is 0.595. The lowest BCUT2D eigenvalue weighted by molar-refractivity contribution is -0.134. The fraction of sp³-hybridized carbons (Fsp3) is 0.421. The number of hydrogen-bond acceptors (Lipinski definition) is 5. The highest BCUT2D eigenvalue weighted by Crippen LogP contribution is 2.22. The van der Waals surface area contributed by atoms with Gasteiger partial charge in [-0.3, -0.25) is 9.36 Å². The number of ether oxygens (including phenoxy) is 1. The Balaban J connectivity index is 1.70. The number of likely N-dealkylation sites (tertiary alicyclic amines) is 1. The minimum Gasteiger partial charge on any atom is -0.451 e. The standard InChI is InChI=1S/C19H23N3O3S/c1-26-19-20-13-16(22(19)15-9-5-4-6-10-15)18(24)25-14-17(23)21-11-7-2-3-8-12-21/h4-6,9-10,13H,2-3,7-8,11-12,14H2,1H3. The van der Waals surface area contributed by atoms with Crippen LogP contribution in [0.25, 0.3) is 5.69 Å². The summed E-state index contributed by atoms with van der Waals surface area (Å²) in [5.74, 6) is -0.666. The van der Waals surface area contributed by atoms with Gasteiger partial charge in [0.05, 0.1) is 6.20 Å². The highest BCUT2D eigenvalue weighted by molar-refractivity contribution is 7.98. The van der Waals surface area contributed by atoms with Crippen LogP contribution in [-0.2, 0) is 9.53 Å². The zero-order chi connectivity index (χ0) is 18.4. The maximum absolute atomic E-state index is 12.6. The van der Waals surface area contributed by atoms with Crippen LogP contribution in [0.15, 0.2) is 41.7 Å². The van der Waals surface area contributed by atoms with Gasteiger partial charge in [0.2, 0.25) is 0 Å². The molecule has 0 saturated carbocycles. The van der Waals surface area contributed by atoms with E-state index < -0.39 is 5.97 Å². The van der Waals surface area contributed by atoms with E-state index in [-0.39, 0.29) is 12.5 Å². The Morgan fingerprint density at radius 3 is 2.46 bits per heavy atom. The number of carbonyl (C=O) groups excluding carboxylic acids is 2. The monoisotopic (exact) mass is 373 g/mol. The van der Waals surface area contributed by atoms with Gasteiger partial charge in [0.15, 0.2) is 17.5 Å². The molecule has 0 atom stereocenters. The summed E-state index contributed by atoms with van der Waals surface area (Å²) in [5.41, 5.74) is 1.16. The van der Waals surface area contributed by atoms with Gasteiger partial charge in [-0.2, -0.15) is 0 Å². The lowest BCUT2D eigenvalue weighted by Gasteiger charge is -2.20. The molecule has 6 nitrogen and oxygen atoms in total. The highest BCUT2D eigenvalue weighted by Gasteiger charge is 2.22. The topological polar surface area (TPSA) is 64.4 Å². The van der Waals surface area contributed by atoms with E-state index in [0.717, 1.165) is 44.5 Å². The largest absolute Gasteiger partial charge is 0.451 e. The van der Waals surface area contributed by atoms with Crippen LogP contribution in [0, 0.1) is 0 Å². The molecule has 1 fully saturated rings. The van der Waals surface area contributed by atoms with Gasteiger partial charge >= 0.3 is 5.97 Å². The average Bonchev–Trinajstić information content (AvgIpc) is 2.92. The number of hydrogen-bond donors (Lipinski definition) is 0. The molecule has 0 bridgehead atoms. The van der Waals surface area contributed by atoms with Gasteiger partial charge in [-0.25, -0.2) is 9.78 Å². The third kappa shape index (κ3) is 4.27. The predicted octanol–water partition coefficient (Wildman–Crippen LogP) is 3.15. The van der Waals surface area contributed by atoms with E-state index in [4.69, 9.17) is 4.74 Å². The molecular formula is C19H23N3O3S. The molecule has 3 rings (SSSR count). The molecule has 1 aromatic carbocycles. The molecule has 0 aliphatic carbocycles. The zero-order valence-electron chi connectivity index (χ0n) is 14.9. The van der Waals surface area contributed by atoms with Gasteiger partial charge in [0.1, 0.15) is 0 Å². The normalized spacial score (nSPS) is 14.7. The molecule has 0 spiro atoms. The Morgan fingerprint density at radius 1 is 1.12 bits per heavy atom. The number of nitrogens with zero attached hydrogens (tertiary/aromatic N) is 3. The molecule has 7 heteroatoms. The van der Waals surface area contributed by atoms with E-state index in [1.165, 1.54) is 18.0 Å². The van der Waals surface area contributed by atoms with Crippen molar-refractivity contribution in [3.05, 3.63) is 42.2 Å². The second-order valence-corrected chi connectivity index (χ2v) is 6.95. The van der Waals surface area contributed by atoms with Crippen LogP contribution in [-0.4, -0.2) is 52.3 Å². The average molecular weight is 373 g/mol. The molecule has 2 aromatic rings. The molecule has 138 valence electrons. The predicted molar refractivity (Wildman–Crippen MR) is 101 cm³/mol. The molecule has 1 aromatic heterocycles. The van der Waals surface area contributed by atoms with Gasteiger partial charge in [-0.05, 0) is 31.2 Å². The van der Waals surface area contributed by atoms with Crippen molar-refractivity contribution in [1.29, 1.82) is 0 Å². The molecule has 26 heavy (non-hydrogen) atoms. The Morgan fingerprint density at radius 2 is 1.81 bits per heavy atom. The Bertz CT molecular complexity index is 753. The van der Waals surface area contributed by atoms with Crippen molar-refractivity contribution in [2.45, 2.75) is 30.8 Å². The summed E-state index contributed by atoms with van der Waals surface area (Å²) >= 11 is 1.45. The fourth-order valence-electron chi connectivity index (χ4n) is 3.06. The number of thioether (sulfide) groups is 1. The smallest absolute Gasteiger partial charge is 0.357 e. The molecule has 0 radical (unpaired) electrons. The van der Waals surface area contributed by atoms with Crippen LogP contribution in [0.5, 0.6) is 0 Å². The molecule has 1 amide bonds. The lowest BCUT2D eigenvalue weighted by Crippen LogP contribution is -2.35. The number of benzene rings is 1. The minimum atomic E-state index is -0.537. The second-order valence-electron chi connectivity index (χ2n) is 6.17. The first kappa shape index (κ1) is 18.5. The van der Waals surface area contributed by atoms with E-state index in [1.54, 1.807) is 9.47 Å². The summed E-state index contributed by atoms with van der Waals surface area (Å²) in [6, 6.07) is 9.52. The Kier molecular flexibility index (Phi) is 6.33. The molecule has 1 saturated heterocycles. The van der Waals surface area contributed by atoms with Crippen molar-refractivity contribution >= 4 is 23.6 Å². The van der Waals surface area contributed by atoms with Crippen LogP contribution in [0.4, 0.5) is 0 Å². The second kappa shape index (κ2) is 8.89. The third-order valence-corrected chi connectivity index (χ3v) is 5.07. The Hall–Kier alpha value is -2.28. The van der Waals surface area contributed by atoms with Crippen LogP contribution in [0.1, 0.15) is 36.2 Å². The van der Waals surface area contributed by atoms with Crippen LogP contribution in [0.2, 0.25) is 0 Å². The Labute approximate surface area is 157 Å². The summed E-state index contributed by atoms with van der Waals surface area (Å²) in [6.07, 6.45) is 7.72. The van der Waals surface area contributed by atoms with Crippen LogP contribution >= 0.6 is 11.8 Å². The first-order valence-electron chi connectivity index (χ1n) is 8.83. The van der Waals surface area contributed by atoms with E-state index in [2.05, 4.69) is 4.98 Å². The van der Waals surface area contributed by atoms with Gasteiger partial charge in [0.25, 0.3) is 5.91 Å². The SMILES string of the molecule is CSc1ncc(C(=O)OCC(=O)N2CCCCCC2)n1-c1ccccc1. The zero-order valence-corrected chi connectivity index (χ0v) is 15.7. The van der Waals surface area contributed by atoms with Gasteiger partial charge < -0.3 is 9.64 Å². The molecular weight excluding hydrogens is 350 g/mol. The molecule has 1 aliphatic rings. The van der Waals surface area contributed by atoms with Crippen molar-refractivity contribution in [1.82, 2.24) is 14.5 Å². The minimum absolute atomic E-state index is 0.129. The number of imidazole rings is 1.